The van der Waals surface area contributed by atoms with Gasteiger partial charge in [-0.05, 0) is 49.1 Å². The molecule has 188 valence electrons. The average Bonchev–Trinajstić information content (AvgIpc) is 3.76. The van der Waals surface area contributed by atoms with Crippen LogP contribution in [0.4, 0.5) is 13.2 Å². The predicted octanol–water partition coefficient (Wildman–Crippen LogP) is 3.31. The van der Waals surface area contributed by atoms with Crippen molar-refractivity contribution in [2.45, 2.75) is 56.0 Å². The molecule has 1 heterocycles. The van der Waals surface area contributed by atoms with Crippen LogP contribution in [0.15, 0.2) is 48.5 Å². The van der Waals surface area contributed by atoms with Gasteiger partial charge < -0.3 is 10.0 Å². The molecule has 2 saturated carbocycles. The van der Waals surface area contributed by atoms with E-state index < -0.39 is 51.1 Å². The molecular weight excluding hydrogens is 481 g/mol. The second kappa shape index (κ2) is 8.90. The molecule has 0 bridgehead atoms. The topological polar surface area (TPSA) is 86.7 Å². The number of hydrogen-bond acceptors (Lipinski definition) is 4. The Kier molecular flexibility index (Phi) is 6.17. The molecule has 2 N–H and O–H groups in total. The molecule has 1 saturated heterocycles. The zero-order valence-electron chi connectivity index (χ0n) is 18.9. The molecule has 2 aromatic carbocycles. The first-order valence-electron chi connectivity index (χ1n) is 11.7. The number of aliphatic hydroxyl groups is 1. The summed E-state index contributed by atoms with van der Waals surface area (Å²) in [6.45, 7) is 0.136. The van der Waals surface area contributed by atoms with Crippen LogP contribution in [0.5, 0.6) is 0 Å². The monoisotopic (exact) mass is 508 g/mol. The van der Waals surface area contributed by atoms with Crippen molar-refractivity contribution in [3.8, 4) is 11.1 Å². The van der Waals surface area contributed by atoms with E-state index in [1.54, 1.807) is 42.5 Å². The number of carbonyl (C=O) groups excluding carboxylic acids is 1. The first kappa shape index (κ1) is 24.3. The van der Waals surface area contributed by atoms with Gasteiger partial charge in [0.15, 0.2) is 0 Å². The molecule has 1 aliphatic heterocycles. The minimum Gasteiger partial charge on any atom is -0.383 e. The molecule has 1 amide bonds. The van der Waals surface area contributed by atoms with Crippen LogP contribution < -0.4 is 4.72 Å². The number of nitrogens with one attached hydrogen (secondary N) is 1. The van der Waals surface area contributed by atoms with E-state index in [1.165, 1.54) is 4.90 Å². The van der Waals surface area contributed by atoms with Crippen molar-refractivity contribution in [2.75, 3.05) is 6.54 Å². The number of sulfonamides is 1. The van der Waals surface area contributed by atoms with Gasteiger partial charge in [0.05, 0.1) is 6.04 Å². The molecule has 10 heteroatoms. The van der Waals surface area contributed by atoms with Gasteiger partial charge in [-0.1, -0.05) is 48.5 Å². The Balaban J connectivity index is 1.51. The Morgan fingerprint density at radius 1 is 1.11 bits per heavy atom. The van der Waals surface area contributed by atoms with Crippen LogP contribution in [0.1, 0.15) is 31.2 Å². The maximum atomic E-state index is 15.6. The maximum absolute atomic E-state index is 15.6. The fourth-order valence-corrected chi connectivity index (χ4v) is 6.12. The van der Waals surface area contributed by atoms with Gasteiger partial charge in [0.2, 0.25) is 0 Å². The number of benzene rings is 2. The molecule has 1 spiro atoms. The lowest BCUT2D eigenvalue weighted by Crippen LogP contribution is -2.52. The Bertz CT molecular complexity index is 1220. The van der Waals surface area contributed by atoms with Crippen LogP contribution in [0.2, 0.25) is 0 Å². The van der Waals surface area contributed by atoms with Crippen LogP contribution in [0.3, 0.4) is 0 Å². The number of carbonyl (C=O) groups is 1. The van der Waals surface area contributed by atoms with Crippen LogP contribution in [-0.2, 0) is 21.2 Å². The minimum absolute atomic E-state index is 0.0756. The lowest BCUT2D eigenvalue weighted by atomic mass is 9.91. The number of alkyl halides is 2. The van der Waals surface area contributed by atoms with Gasteiger partial charge in [-0.3, -0.25) is 4.79 Å². The number of nitrogens with zero attached hydrogens (tertiary/aromatic N) is 1. The molecular formula is C25H27F3N2O4S. The van der Waals surface area contributed by atoms with E-state index in [0.717, 1.165) is 0 Å². The van der Waals surface area contributed by atoms with Crippen molar-refractivity contribution in [1.29, 1.82) is 0 Å². The molecule has 5 rings (SSSR count). The number of halogens is 3. The molecule has 2 aromatic rings. The van der Waals surface area contributed by atoms with E-state index in [2.05, 4.69) is 4.72 Å². The number of aliphatic hydroxyl groups excluding tert-OH is 1. The molecule has 0 aromatic heterocycles. The summed E-state index contributed by atoms with van der Waals surface area (Å²) >= 11 is 0. The van der Waals surface area contributed by atoms with Gasteiger partial charge in [-0.2, -0.15) is 8.78 Å². The summed E-state index contributed by atoms with van der Waals surface area (Å²) in [5, 5.41) is 10.5. The number of likely N-dealkylation sites (tertiary alicyclic amines) is 1. The minimum atomic E-state index is -4.95. The van der Waals surface area contributed by atoms with Crippen LogP contribution in [-0.4, -0.2) is 54.8 Å². The maximum Gasteiger partial charge on any atom is 0.350 e. The molecule has 6 nitrogen and oxygen atoms in total. The van der Waals surface area contributed by atoms with E-state index in [-0.39, 0.29) is 24.4 Å². The molecule has 0 unspecified atom stereocenters. The normalized spacial score (nSPS) is 24.2. The lowest BCUT2D eigenvalue weighted by molar-refractivity contribution is -0.142. The quantitative estimate of drug-likeness (QED) is 0.573. The zero-order valence-corrected chi connectivity index (χ0v) is 19.7. The Morgan fingerprint density at radius 2 is 1.80 bits per heavy atom. The highest BCUT2D eigenvalue weighted by Gasteiger charge is 2.62. The highest BCUT2D eigenvalue weighted by Crippen LogP contribution is 2.56. The van der Waals surface area contributed by atoms with E-state index in [0.29, 0.717) is 36.8 Å². The standard InChI is InChI=1S/C25H27F3N2O4S/c26-20-17(7-4-8-18(20)15-5-2-1-3-6-15)13-19-22(29-35(33,34)24(27)28)25(11-12-25)14-30(19)23(32)21(31)16-9-10-16/h1-8,16,19,21-22,24,29,31H,9-14H2/t19-,21-,22+/m0/s1. The van der Waals surface area contributed by atoms with Gasteiger partial charge in [0.25, 0.3) is 15.9 Å². The summed E-state index contributed by atoms with van der Waals surface area (Å²) in [7, 11) is -4.95. The fraction of sp³-hybridized carbons (Fsp3) is 0.480. The third-order valence-electron chi connectivity index (χ3n) is 7.55. The van der Waals surface area contributed by atoms with Gasteiger partial charge in [0.1, 0.15) is 11.9 Å². The largest absolute Gasteiger partial charge is 0.383 e. The summed E-state index contributed by atoms with van der Waals surface area (Å²) in [6, 6.07) is 11.8. The summed E-state index contributed by atoms with van der Waals surface area (Å²) in [6.07, 6.45) is 1.22. The molecule has 3 fully saturated rings. The second-order valence-electron chi connectivity index (χ2n) is 9.93. The second-order valence-corrected chi connectivity index (χ2v) is 11.6. The average molecular weight is 509 g/mol. The van der Waals surface area contributed by atoms with Crippen LogP contribution in [0.25, 0.3) is 11.1 Å². The highest BCUT2D eigenvalue weighted by atomic mass is 32.2. The Labute approximate surface area is 202 Å². The van der Waals surface area contributed by atoms with Gasteiger partial charge >= 0.3 is 5.76 Å². The summed E-state index contributed by atoms with van der Waals surface area (Å²) in [5.74, 6) is -4.85. The van der Waals surface area contributed by atoms with Crippen molar-refractivity contribution in [1.82, 2.24) is 9.62 Å². The van der Waals surface area contributed by atoms with E-state index >= 15 is 4.39 Å². The smallest absolute Gasteiger partial charge is 0.350 e. The summed E-state index contributed by atoms with van der Waals surface area (Å²) in [4.78, 5) is 14.6. The first-order chi connectivity index (χ1) is 16.6. The van der Waals surface area contributed by atoms with Crippen molar-refractivity contribution in [2.24, 2.45) is 11.3 Å². The van der Waals surface area contributed by atoms with Crippen LogP contribution in [0, 0.1) is 17.2 Å². The molecule has 2 aliphatic carbocycles. The highest BCUT2D eigenvalue weighted by molar-refractivity contribution is 7.89. The molecule has 35 heavy (non-hydrogen) atoms. The SMILES string of the molecule is O=C([C@@H](O)C1CC1)N1CC2(CC2)[C@H](NS(=O)(=O)C(F)F)[C@@H]1Cc1cccc(-c2ccccc2)c1F. The fourth-order valence-electron chi connectivity index (χ4n) is 5.26. The van der Waals surface area contributed by atoms with Crippen molar-refractivity contribution in [3.63, 3.8) is 0 Å². The van der Waals surface area contributed by atoms with Crippen molar-refractivity contribution >= 4 is 15.9 Å². The third kappa shape index (κ3) is 4.59. The van der Waals surface area contributed by atoms with Crippen molar-refractivity contribution in [3.05, 3.63) is 59.9 Å². The van der Waals surface area contributed by atoms with E-state index in [9.17, 15) is 27.1 Å². The summed E-state index contributed by atoms with van der Waals surface area (Å²) < 4.78 is 68.6. The van der Waals surface area contributed by atoms with E-state index in [1.807, 2.05) is 6.07 Å². The molecule has 3 atom stereocenters. The molecule has 0 radical (unpaired) electrons. The molecule has 3 aliphatic rings. The van der Waals surface area contributed by atoms with Gasteiger partial charge in [-0.15, -0.1) is 0 Å². The predicted molar refractivity (Wildman–Crippen MR) is 123 cm³/mol. The van der Waals surface area contributed by atoms with Gasteiger partial charge in [-0.25, -0.2) is 17.5 Å². The number of rotatable bonds is 8. The Morgan fingerprint density at radius 3 is 2.40 bits per heavy atom. The number of hydrogen-bond donors (Lipinski definition) is 2. The summed E-state index contributed by atoms with van der Waals surface area (Å²) in [5.41, 5.74) is 0.555. The van der Waals surface area contributed by atoms with Gasteiger partial charge in [0, 0.05) is 23.6 Å². The van der Waals surface area contributed by atoms with Crippen molar-refractivity contribution < 1.29 is 31.5 Å². The first-order valence-corrected chi connectivity index (χ1v) is 13.3. The number of amides is 1. The van der Waals surface area contributed by atoms with E-state index in [4.69, 9.17) is 0 Å². The zero-order chi connectivity index (χ0) is 25.0. The third-order valence-corrected chi connectivity index (χ3v) is 8.60. The Hall–Kier alpha value is -2.43. The lowest BCUT2D eigenvalue weighted by Gasteiger charge is -2.31. The van der Waals surface area contributed by atoms with Crippen LogP contribution >= 0.6 is 0 Å².